The Bertz CT molecular complexity index is 373. The monoisotopic (exact) mass is 280 g/mol. The number of hydrogen-bond acceptors (Lipinski definition) is 4. The van der Waals surface area contributed by atoms with Crippen molar-refractivity contribution in [2.45, 2.75) is 45.0 Å². The van der Waals surface area contributed by atoms with Crippen LogP contribution in [-0.2, 0) is 14.2 Å². The number of carbonyl (C=O) groups is 1. The summed E-state index contributed by atoms with van der Waals surface area (Å²) < 4.78 is 16.0. The largest absolute Gasteiger partial charge is 0.453 e. The first-order chi connectivity index (χ1) is 9.72. The molecule has 1 rings (SSSR count). The molecular weight excluding hydrogens is 256 g/mol. The summed E-state index contributed by atoms with van der Waals surface area (Å²) in [6.07, 6.45) is 3.01. The maximum atomic E-state index is 12.1. The Kier molecular flexibility index (Phi) is 7.92. The molecule has 0 fully saturated rings. The lowest BCUT2D eigenvalue weighted by Crippen LogP contribution is -2.34. The van der Waals surface area contributed by atoms with Gasteiger partial charge in [-0.1, -0.05) is 38.0 Å². The molecule has 0 heterocycles. The zero-order chi connectivity index (χ0) is 14.8. The minimum absolute atomic E-state index is 0.341. The lowest BCUT2D eigenvalue weighted by atomic mass is 10.1. The van der Waals surface area contributed by atoms with Crippen molar-refractivity contribution in [1.82, 2.24) is 0 Å². The molecule has 0 aliphatic rings. The van der Waals surface area contributed by atoms with E-state index < -0.39 is 6.29 Å². The lowest BCUT2D eigenvalue weighted by molar-refractivity contribution is -0.167. The van der Waals surface area contributed by atoms with Crippen LogP contribution in [0.3, 0.4) is 0 Å². The zero-order valence-electron chi connectivity index (χ0n) is 12.5. The quantitative estimate of drug-likeness (QED) is 0.395. The lowest BCUT2D eigenvalue weighted by Gasteiger charge is -2.24. The SMILES string of the molecule is CCCCCC(OC(=O)c1ccccc1)C(OC)OC. The summed E-state index contributed by atoms with van der Waals surface area (Å²) >= 11 is 0. The number of carbonyl (C=O) groups excluding carboxylic acids is 1. The summed E-state index contributed by atoms with van der Waals surface area (Å²) in [5.74, 6) is -0.341. The highest BCUT2D eigenvalue weighted by Crippen LogP contribution is 2.16. The highest BCUT2D eigenvalue weighted by Gasteiger charge is 2.25. The van der Waals surface area contributed by atoms with E-state index in [1.807, 2.05) is 18.2 Å². The van der Waals surface area contributed by atoms with Gasteiger partial charge in [0.15, 0.2) is 12.4 Å². The van der Waals surface area contributed by atoms with Crippen molar-refractivity contribution in [2.24, 2.45) is 0 Å². The third kappa shape index (κ3) is 5.31. The van der Waals surface area contributed by atoms with Gasteiger partial charge in [-0.15, -0.1) is 0 Å². The normalized spacial score (nSPS) is 12.4. The zero-order valence-corrected chi connectivity index (χ0v) is 12.5. The summed E-state index contributed by atoms with van der Waals surface area (Å²) in [4.78, 5) is 12.1. The van der Waals surface area contributed by atoms with Crippen LogP contribution in [0.25, 0.3) is 0 Å². The van der Waals surface area contributed by atoms with Crippen LogP contribution < -0.4 is 0 Å². The summed E-state index contributed by atoms with van der Waals surface area (Å²) in [7, 11) is 3.11. The van der Waals surface area contributed by atoms with E-state index in [0.29, 0.717) is 5.56 Å². The number of hydrogen-bond donors (Lipinski definition) is 0. The molecule has 1 unspecified atom stereocenters. The van der Waals surface area contributed by atoms with Crippen LogP contribution in [0.5, 0.6) is 0 Å². The minimum atomic E-state index is -0.528. The molecule has 1 aromatic rings. The van der Waals surface area contributed by atoms with Crippen LogP contribution in [-0.4, -0.2) is 32.6 Å². The predicted molar refractivity (Wildman–Crippen MR) is 77.6 cm³/mol. The molecule has 4 nitrogen and oxygen atoms in total. The molecule has 0 aliphatic carbocycles. The summed E-state index contributed by atoms with van der Waals surface area (Å²) in [6, 6.07) is 8.96. The van der Waals surface area contributed by atoms with E-state index in [4.69, 9.17) is 14.2 Å². The topological polar surface area (TPSA) is 44.8 Å². The maximum absolute atomic E-state index is 12.1. The van der Waals surface area contributed by atoms with E-state index in [2.05, 4.69) is 6.92 Å². The molecule has 0 aromatic heterocycles. The van der Waals surface area contributed by atoms with E-state index in [-0.39, 0.29) is 12.1 Å². The van der Waals surface area contributed by atoms with E-state index in [9.17, 15) is 4.79 Å². The Hall–Kier alpha value is -1.39. The minimum Gasteiger partial charge on any atom is -0.453 e. The van der Waals surface area contributed by atoms with Crippen molar-refractivity contribution < 1.29 is 19.0 Å². The molecular formula is C16H24O4. The van der Waals surface area contributed by atoms with Gasteiger partial charge >= 0.3 is 5.97 Å². The van der Waals surface area contributed by atoms with Gasteiger partial charge in [0.25, 0.3) is 0 Å². The van der Waals surface area contributed by atoms with Gasteiger partial charge in [0.05, 0.1) is 5.56 Å². The van der Waals surface area contributed by atoms with E-state index in [1.54, 1.807) is 26.4 Å². The molecule has 1 atom stereocenters. The molecule has 0 amide bonds. The van der Waals surface area contributed by atoms with Crippen LogP contribution in [0.1, 0.15) is 43.0 Å². The Morgan fingerprint density at radius 1 is 1.10 bits per heavy atom. The molecule has 4 heteroatoms. The number of unbranched alkanes of at least 4 members (excludes halogenated alkanes) is 2. The molecule has 0 saturated heterocycles. The average Bonchev–Trinajstić information content (AvgIpc) is 2.49. The number of ether oxygens (including phenoxy) is 3. The number of esters is 1. The maximum Gasteiger partial charge on any atom is 0.338 e. The van der Waals surface area contributed by atoms with E-state index in [1.165, 1.54) is 0 Å². The third-order valence-electron chi connectivity index (χ3n) is 3.13. The molecule has 0 bridgehead atoms. The first-order valence-corrected chi connectivity index (χ1v) is 7.04. The molecule has 0 saturated carbocycles. The average molecular weight is 280 g/mol. The van der Waals surface area contributed by atoms with Crippen molar-refractivity contribution in [2.75, 3.05) is 14.2 Å². The van der Waals surface area contributed by atoms with Gasteiger partial charge in [-0.2, -0.15) is 0 Å². The Balaban J connectivity index is 2.65. The highest BCUT2D eigenvalue weighted by atomic mass is 16.7. The van der Waals surface area contributed by atoms with Gasteiger partial charge in [-0.3, -0.25) is 0 Å². The number of rotatable bonds is 9. The smallest absolute Gasteiger partial charge is 0.338 e. The van der Waals surface area contributed by atoms with Crippen LogP contribution in [0.15, 0.2) is 30.3 Å². The fraction of sp³-hybridized carbons (Fsp3) is 0.562. The summed E-state index contributed by atoms with van der Waals surface area (Å²) in [5, 5.41) is 0. The number of methoxy groups -OCH3 is 2. The fourth-order valence-electron chi connectivity index (χ4n) is 2.03. The van der Waals surface area contributed by atoms with Crippen molar-refractivity contribution in [3.63, 3.8) is 0 Å². The van der Waals surface area contributed by atoms with Gasteiger partial charge in [0, 0.05) is 14.2 Å². The van der Waals surface area contributed by atoms with Gasteiger partial charge in [-0.25, -0.2) is 4.79 Å². The Morgan fingerprint density at radius 2 is 1.75 bits per heavy atom. The van der Waals surface area contributed by atoms with Crippen molar-refractivity contribution in [1.29, 1.82) is 0 Å². The second-order valence-corrected chi connectivity index (χ2v) is 4.65. The van der Waals surface area contributed by atoms with Crippen molar-refractivity contribution >= 4 is 5.97 Å². The van der Waals surface area contributed by atoms with Crippen LogP contribution in [0, 0.1) is 0 Å². The standard InChI is InChI=1S/C16H24O4/c1-4-5-7-12-14(16(18-2)19-3)20-15(17)13-10-8-6-9-11-13/h6,8-11,14,16H,4-5,7,12H2,1-3H3. The molecule has 0 spiro atoms. The fourth-order valence-corrected chi connectivity index (χ4v) is 2.03. The number of benzene rings is 1. The van der Waals surface area contributed by atoms with Gasteiger partial charge in [-0.05, 0) is 25.0 Å². The second-order valence-electron chi connectivity index (χ2n) is 4.65. The molecule has 0 aliphatic heterocycles. The van der Waals surface area contributed by atoms with Gasteiger partial charge in [0.2, 0.25) is 0 Å². The first-order valence-electron chi connectivity index (χ1n) is 7.04. The molecule has 20 heavy (non-hydrogen) atoms. The van der Waals surface area contributed by atoms with E-state index in [0.717, 1.165) is 25.7 Å². The van der Waals surface area contributed by atoms with E-state index >= 15 is 0 Å². The van der Waals surface area contributed by atoms with Crippen molar-refractivity contribution in [3.8, 4) is 0 Å². The highest BCUT2D eigenvalue weighted by molar-refractivity contribution is 5.89. The van der Waals surface area contributed by atoms with Gasteiger partial charge < -0.3 is 14.2 Å². The first kappa shape index (κ1) is 16.7. The predicted octanol–water partition coefficient (Wildman–Crippen LogP) is 3.41. The molecule has 1 aromatic carbocycles. The molecule has 0 radical (unpaired) electrons. The molecule has 0 N–H and O–H groups in total. The van der Waals surface area contributed by atoms with Crippen LogP contribution in [0.2, 0.25) is 0 Å². The Labute approximate surface area is 121 Å². The molecule has 112 valence electrons. The third-order valence-corrected chi connectivity index (χ3v) is 3.13. The summed E-state index contributed by atoms with van der Waals surface area (Å²) in [5.41, 5.74) is 0.541. The second kappa shape index (κ2) is 9.50. The van der Waals surface area contributed by atoms with Crippen LogP contribution in [0.4, 0.5) is 0 Å². The summed E-state index contributed by atoms with van der Waals surface area (Å²) in [6.45, 7) is 2.13. The van der Waals surface area contributed by atoms with Crippen molar-refractivity contribution in [3.05, 3.63) is 35.9 Å². The van der Waals surface area contributed by atoms with Gasteiger partial charge in [0.1, 0.15) is 0 Å². The van der Waals surface area contributed by atoms with Crippen LogP contribution >= 0.6 is 0 Å². The Morgan fingerprint density at radius 3 is 2.30 bits per heavy atom.